The molecule has 3 aromatic carbocycles. The highest BCUT2D eigenvalue weighted by Crippen LogP contribution is 2.27. The van der Waals surface area contributed by atoms with Gasteiger partial charge in [-0.05, 0) is 73.9 Å². The fourth-order valence-corrected chi connectivity index (χ4v) is 3.77. The summed E-state index contributed by atoms with van der Waals surface area (Å²) in [5.41, 5.74) is 5.63. The van der Waals surface area contributed by atoms with Crippen LogP contribution in [-0.4, -0.2) is 26.0 Å². The SMILES string of the molecule is CCCCc1ccc(-n2nc3cc(Cl)c(NC(=S)NC(=O)c4ccc(C)cc4)cc3n2)cc1. The molecule has 0 saturated carbocycles. The van der Waals surface area contributed by atoms with Crippen molar-refractivity contribution in [2.75, 3.05) is 5.32 Å². The van der Waals surface area contributed by atoms with Crippen molar-refractivity contribution < 1.29 is 4.79 Å². The van der Waals surface area contributed by atoms with Crippen molar-refractivity contribution in [3.63, 3.8) is 0 Å². The van der Waals surface area contributed by atoms with Gasteiger partial charge in [-0.25, -0.2) is 0 Å². The molecular weight excluding hydrogens is 454 g/mol. The summed E-state index contributed by atoms with van der Waals surface area (Å²) in [4.78, 5) is 14.0. The van der Waals surface area contributed by atoms with Crippen molar-refractivity contribution >= 4 is 51.6 Å². The highest BCUT2D eigenvalue weighted by molar-refractivity contribution is 7.80. The standard InChI is InChI=1S/C25H24ClN5OS/c1-3-4-5-17-8-12-19(13-9-17)31-29-22-14-20(26)21(15-23(22)30-31)27-25(33)28-24(32)18-10-6-16(2)7-11-18/h6-15H,3-5H2,1-2H3,(H2,27,28,32,33). The van der Waals surface area contributed by atoms with Gasteiger partial charge in [0, 0.05) is 5.56 Å². The van der Waals surface area contributed by atoms with Crippen LogP contribution in [0.2, 0.25) is 5.02 Å². The van der Waals surface area contributed by atoms with E-state index in [-0.39, 0.29) is 11.0 Å². The second-order valence-electron chi connectivity index (χ2n) is 7.85. The van der Waals surface area contributed by atoms with Gasteiger partial charge in [-0.1, -0.05) is 54.8 Å². The van der Waals surface area contributed by atoms with Crippen LogP contribution in [0, 0.1) is 6.92 Å². The number of benzene rings is 3. The van der Waals surface area contributed by atoms with Crippen LogP contribution in [-0.2, 0) is 6.42 Å². The molecule has 2 N–H and O–H groups in total. The average Bonchev–Trinajstić information content (AvgIpc) is 3.21. The first kappa shape index (κ1) is 22.9. The second-order valence-corrected chi connectivity index (χ2v) is 8.67. The number of aromatic nitrogens is 3. The van der Waals surface area contributed by atoms with Crippen LogP contribution < -0.4 is 10.6 Å². The summed E-state index contributed by atoms with van der Waals surface area (Å²) in [5.74, 6) is -0.293. The molecule has 0 radical (unpaired) electrons. The Morgan fingerprint density at radius 3 is 2.36 bits per heavy atom. The lowest BCUT2D eigenvalue weighted by Gasteiger charge is -2.11. The summed E-state index contributed by atoms with van der Waals surface area (Å²) >= 11 is 11.7. The Balaban J connectivity index is 1.48. The molecule has 1 amide bonds. The number of aryl methyl sites for hydroxylation is 2. The maximum atomic E-state index is 12.4. The average molecular weight is 478 g/mol. The van der Waals surface area contributed by atoms with Gasteiger partial charge >= 0.3 is 0 Å². The largest absolute Gasteiger partial charge is 0.331 e. The van der Waals surface area contributed by atoms with Crippen molar-refractivity contribution in [2.45, 2.75) is 33.1 Å². The molecule has 4 aromatic rings. The van der Waals surface area contributed by atoms with Gasteiger partial charge in [0.25, 0.3) is 5.91 Å². The first-order valence-corrected chi connectivity index (χ1v) is 11.6. The smallest absolute Gasteiger partial charge is 0.257 e. The van der Waals surface area contributed by atoms with Gasteiger partial charge < -0.3 is 5.32 Å². The van der Waals surface area contributed by atoms with Gasteiger partial charge in [0.05, 0.1) is 16.4 Å². The molecule has 168 valence electrons. The minimum Gasteiger partial charge on any atom is -0.331 e. The third-order valence-electron chi connectivity index (χ3n) is 5.24. The number of hydrogen-bond donors (Lipinski definition) is 2. The van der Waals surface area contributed by atoms with E-state index < -0.39 is 0 Å². The van der Waals surface area contributed by atoms with E-state index in [9.17, 15) is 4.79 Å². The van der Waals surface area contributed by atoms with E-state index in [0.717, 1.165) is 17.7 Å². The van der Waals surface area contributed by atoms with Crippen LogP contribution in [0.4, 0.5) is 5.69 Å². The molecule has 8 heteroatoms. The molecule has 1 heterocycles. The van der Waals surface area contributed by atoms with Crippen LogP contribution >= 0.6 is 23.8 Å². The summed E-state index contributed by atoms with van der Waals surface area (Å²) in [6, 6.07) is 19.0. The Hall–Kier alpha value is -3.29. The van der Waals surface area contributed by atoms with Gasteiger partial charge in [0.2, 0.25) is 0 Å². The van der Waals surface area contributed by atoms with Crippen molar-refractivity contribution in [3.8, 4) is 5.69 Å². The van der Waals surface area contributed by atoms with Crippen molar-refractivity contribution in [1.29, 1.82) is 0 Å². The van der Waals surface area contributed by atoms with Crippen LogP contribution in [0.25, 0.3) is 16.7 Å². The van der Waals surface area contributed by atoms with Crippen LogP contribution in [0.1, 0.15) is 41.3 Å². The molecule has 4 rings (SSSR count). The quantitative estimate of drug-likeness (QED) is 0.341. The van der Waals surface area contributed by atoms with Gasteiger partial charge in [0.15, 0.2) is 5.11 Å². The van der Waals surface area contributed by atoms with Gasteiger partial charge in [0.1, 0.15) is 11.0 Å². The Kier molecular flexibility index (Phi) is 7.01. The number of fused-ring (bicyclic) bond motifs is 1. The lowest BCUT2D eigenvalue weighted by molar-refractivity contribution is 0.0977. The van der Waals surface area contributed by atoms with Gasteiger partial charge in [-0.15, -0.1) is 10.2 Å². The summed E-state index contributed by atoms with van der Waals surface area (Å²) in [7, 11) is 0. The zero-order valence-corrected chi connectivity index (χ0v) is 20.0. The third-order valence-corrected chi connectivity index (χ3v) is 5.76. The number of thiocarbonyl (C=S) groups is 1. The summed E-state index contributed by atoms with van der Waals surface area (Å²) in [5, 5.41) is 15.3. The molecule has 6 nitrogen and oxygen atoms in total. The molecule has 0 aliphatic rings. The molecule has 0 atom stereocenters. The number of carbonyl (C=O) groups excluding carboxylic acids is 1. The highest BCUT2D eigenvalue weighted by atomic mass is 35.5. The number of hydrogen-bond acceptors (Lipinski definition) is 4. The van der Waals surface area contributed by atoms with E-state index in [1.807, 2.05) is 31.2 Å². The Morgan fingerprint density at radius 2 is 1.70 bits per heavy atom. The van der Waals surface area contributed by atoms with Crippen molar-refractivity contribution in [1.82, 2.24) is 20.3 Å². The predicted molar refractivity (Wildman–Crippen MR) is 137 cm³/mol. The van der Waals surface area contributed by atoms with Crippen LogP contribution in [0.3, 0.4) is 0 Å². The number of amides is 1. The molecule has 0 unspecified atom stereocenters. The predicted octanol–water partition coefficient (Wildman–Crippen LogP) is 5.85. The summed E-state index contributed by atoms with van der Waals surface area (Å²) in [6.07, 6.45) is 3.41. The zero-order chi connectivity index (χ0) is 23.4. The minimum absolute atomic E-state index is 0.150. The Bertz CT molecular complexity index is 1300. The van der Waals surface area contributed by atoms with Crippen molar-refractivity contribution in [2.24, 2.45) is 0 Å². The molecule has 0 bridgehead atoms. The summed E-state index contributed by atoms with van der Waals surface area (Å²) < 4.78 is 0. The molecule has 0 aliphatic heterocycles. The minimum atomic E-state index is -0.293. The molecule has 33 heavy (non-hydrogen) atoms. The van der Waals surface area contributed by atoms with Crippen molar-refractivity contribution in [3.05, 3.63) is 82.4 Å². The highest BCUT2D eigenvalue weighted by Gasteiger charge is 2.13. The first-order valence-electron chi connectivity index (χ1n) is 10.8. The van der Waals surface area contributed by atoms with E-state index in [2.05, 4.69) is 39.9 Å². The van der Waals surface area contributed by atoms with Gasteiger partial charge in [-0.2, -0.15) is 4.80 Å². The monoisotopic (exact) mass is 477 g/mol. The van der Waals surface area contributed by atoms with E-state index >= 15 is 0 Å². The Labute approximate surface area is 203 Å². The van der Waals surface area contributed by atoms with E-state index in [4.69, 9.17) is 23.8 Å². The van der Waals surface area contributed by atoms with Crippen LogP contribution in [0.5, 0.6) is 0 Å². The molecule has 0 aliphatic carbocycles. The topological polar surface area (TPSA) is 71.8 Å². The fourth-order valence-electron chi connectivity index (χ4n) is 3.36. The van der Waals surface area contributed by atoms with Crippen LogP contribution in [0.15, 0.2) is 60.7 Å². The number of unbranched alkanes of at least 4 members (excludes halogenated alkanes) is 1. The lowest BCUT2D eigenvalue weighted by atomic mass is 10.1. The van der Waals surface area contributed by atoms with Gasteiger partial charge in [-0.3, -0.25) is 10.1 Å². The molecule has 1 aromatic heterocycles. The number of anilines is 1. The molecular formula is C25H24ClN5OS. The normalized spacial score (nSPS) is 10.9. The van der Waals surface area contributed by atoms with E-state index in [1.54, 1.807) is 29.1 Å². The van der Waals surface area contributed by atoms with E-state index in [0.29, 0.717) is 27.3 Å². The maximum Gasteiger partial charge on any atom is 0.257 e. The number of nitrogens with zero attached hydrogens (tertiary/aromatic N) is 3. The van der Waals surface area contributed by atoms with E-state index in [1.165, 1.54) is 18.4 Å². The molecule has 0 spiro atoms. The third kappa shape index (κ3) is 5.56. The number of rotatable bonds is 6. The number of halogens is 1. The summed E-state index contributed by atoms with van der Waals surface area (Å²) in [6.45, 7) is 4.15. The molecule has 0 saturated heterocycles. The zero-order valence-electron chi connectivity index (χ0n) is 18.4. The lowest BCUT2D eigenvalue weighted by Crippen LogP contribution is -2.34. The Morgan fingerprint density at radius 1 is 1.03 bits per heavy atom. The molecule has 0 fully saturated rings. The maximum absolute atomic E-state index is 12.4. The second kappa shape index (κ2) is 10.1. The first-order chi connectivity index (χ1) is 15.9. The number of carbonyl (C=O) groups is 1. The fraction of sp³-hybridized carbons (Fsp3) is 0.200. The number of nitrogens with one attached hydrogen (secondary N) is 2.